The molecule has 8 heteroatoms. The van der Waals surface area contributed by atoms with Crippen molar-refractivity contribution in [1.29, 1.82) is 0 Å². The normalized spacial score (nSPS) is 23.0. The Bertz CT molecular complexity index is 642. The standard InChI is InChI=1S/C14H20N2O5S/c1-10-4-6-12(7-5-10)22(19,20)16-9-11(15(2)18)8-13(16)14(17)21-3/h4-7,11,13,18H,8-9H2,1-3H3/t11-,13-/m0/s1. The Balaban J connectivity index is 2.38. The number of hydroxylamine groups is 2. The third-order valence-electron chi connectivity index (χ3n) is 3.86. The Hall–Kier alpha value is -1.48. The molecule has 122 valence electrons. The van der Waals surface area contributed by atoms with Crippen LogP contribution >= 0.6 is 0 Å². The van der Waals surface area contributed by atoms with Crippen LogP contribution in [0.1, 0.15) is 12.0 Å². The molecule has 1 fully saturated rings. The number of hydrogen-bond acceptors (Lipinski definition) is 6. The number of aryl methyl sites for hydroxylation is 1. The molecule has 1 saturated heterocycles. The highest BCUT2D eigenvalue weighted by molar-refractivity contribution is 7.89. The van der Waals surface area contributed by atoms with Gasteiger partial charge in [0.05, 0.1) is 18.0 Å². The number of methoxy groups -OCH3 is 1. The van der Waals surface area contributed by atoms with Gasteiger partial charge in [0.2, 0.25) is 10.0 Å². The van der Waals surface area contributed by atoms with Crippen molar-refractivity contribution in [3.8, 4) is 0 Å². The Morgan fingerprint density at radius 3 is 2.45 bits per heavy atom. The van der Waals surface area contributed by atoms with Crippen LogP contribution in [0.2, 0.25) is 0 Å². The summed E-state index contributed by atoms with van der Waals surface area (Å²) in [6.45, 7) is 1.89. The molecule has 0 bridgehead atoms. The van der Waals surface area contributed by atoms with Gasteiger partial charge in [0, 0.05) is 13.6 Å². The Morgan fingerprint density at radius 2 is 1.95 bits per heavy atom. The fourth-order valence-corrected chi connectivity index (χ4v) is 4.14. The number of likely N-dealkylation sites (N-methyl/N-ethyl adjacent to an activating group) is 1. The fourth-order valence-electron chi connectivity index (χ4n) is 2.52. The first-order valence-electron chi connectivity index (χ1n) is 6.85. The van der Waals surface area contributed by atoms with E-state index in [1.165, 1.54) is 26.3 Å². The van der Waals surface area contributed by atoms with E-state index in [0.717, 1.165) is 14.9 Å². The van der Waals surface area contributed by atoms with Gasteiger partial charge in [0.15, 0.2) is 0 Å². The highest BCUT2D eigenvalue weighted by Crippen LogP contribution is 2.28. The largest absolute Gasteiger partial charge is 0.468 e. The van der Waals surface area contributed by atoms with Gasteiger partial charge in [-0.25, -0.2) is 8.42 Å². The highest BCUT2D eigenvalue weighted by Gasteiger charge is 2.45. The van der Waals surface area contributed by atoms with E-state index in [4.69, 9.17) is 4.74 Å². The number of esters is 1. The number of nitrogens with zero attached hydrogens (tertiary/aromatic N) is 2. The Kier molecular flexibility index (Phi) is 4.86. The van der Waals surface area contributed by atoms with E-state index in [1.54, 1.807) is 12.1 Å². The van der Waals surface area contributed by atoms with E-state index < -0.39 is 28.1 Å². The van der Waals surface area contributed by atoms with Crippen LogP contribution in [0.15, 0.2) is 29.2 Å². The summed E-state index contributed by atoms with van der Waals surface area (Å²) >= 11 is 0. The second kappa shape index (κ2) is 6.33. The first-order valence-corrected chi connectivity index (χ1v) is 8.29. The third-order valence-corrected chi connectivity index (χ3v) is 5.75. The lowest BCUT2D eigenvalue weighted by Crippen LogP contribution is -2.41. The lowest BCUT2D eigenvalue weighted by atomic mass is 10.2. The quantitative estimate of drug-likeness (QED) is 0.644. The number of benzene rings is 1. The lowest BCUT2D eigenvalue weighted by Gasteiger charge is -2.22. The van der Waals surface area contributed by atoms with Crippen molar-refractivity contribution in [2.45, 2.75) is 30.3 Å². The topological polar surface area (TPSA) is 87.2 Å². The molecule has 1 N–H and O–H groups in total. The molecule has 0 amide bonds. The fraction of sp³-hybridized carbons (Fsp3) is 0.500. The molecule has 1 aliphatic heterocycles. The molecule has 1 aromatic rings. The molecule has 0 aliphatic carbocycles. The molecular formula is C14H20N2O5S. The maximum Gasteiger partial charge on any atom is 0.324 e. The van der Waals surface area contributed by atoms with Gasteiger partial charge in [-0.1, -0.05) is 17.7 Å². The van der Waals surface area contributed by atoms with Crippen molar-refractivity contribution in [1.82, 2.24) is 9.37 Å². The van der Waals surface area contributed by atoms with Crippen LogP contribution in [0, 0.1) is 6.92 Å². The van der Waals surface area contributed by atoms with Gasteiger partial charge in [-0.3, -0.25) is 4.79 Å². The molecule has 1 heterocycles. The molecule has 2 rings (SSSR count). The summed E-state index contributed by atoms with van der Waals surface area (Å²) in [6, 6.07) is 5.03. The summed E-state index contributed by atoms with van der Waals surface area (Å²) in [4.78, 5) is 12.0. The van der Waals surface area contributed by atoms with E-state index >= 15 is 0 Å². The van der Waals surface area contributed by atoms with E-state index in [2.05, 4.69) is 0 Å². The van der Waals surface area contributed by atoms with Crippen molar-refractivity contribution in [2.24, 2.45) is 0 Å². The average molecular weight is 328 g/mol. The predicted octanol–water partition coefficient (Wildman–Crippen LogP) is 0.621. The summed E-state index contributed by atoms with van der Waals surface area (Å²) < 4.78 is 31.3. The zero-order valence-electron chi connectivity index (χ0n) is 12.8. The van der Waals surface area contributed by atoms with Gasteiger partial charge in [0.25, 0.3) is 0 Å². The zero-order chi connectivity index (χ0) is 16.5. The van der Waals surface area contributed by atoms with Gasteiger partial charge < -0.3 is 9.94 Å². The van der Waals surface area contributed by atoms with Crippen LogP contribution in [-0.4, -0.2) is 61.7 Å². The van der Waals surface area contributed by atoms with E-state index in [-0.39, 0.29) is 17.9 Å². The Morgan fingerprint density at radius 1 is 1.36 bits per heavy atom. The predicted molar refractivity (Wildman–Crippen MR) is 78.8 cm³/mol. The molecule has 0 spiro atoms. The van der Waals surface area contributed by atoms with Crippen LogP contribution in [0.5, 0.6) is 0 Å². The van der Waals surface area contributed by atoms with Gasteiger partial charge in [-0.05, 0) is 25.5 Å². The summed E-state index contributed by atoms with van der Waals surface area (Å²) in [5.41, 5.74) is 0.942. The minimum Gasteiger partial charge on any atom is -0.468 e. The molecule has 0 unspecified atom stereocenters. The molecule has 22 heavy (non-hydrogen) atoms. The van der Waals surface area contributed by atoms with Crippen LogP contribution in [0.3, 0.4) is 0 Å². The van der Waals surface area contributed by atoms with Crippen LogP contribution in [0.4, 0.5) is 0 Å². The molecular weight excluding hydrogens is 308 g/mol. The second-order valence-electron chi connectivity index (χ2n) is 5.39. The van der Waals surface area contributed by atoms with Crippen molar-refractivity contribution in [2.75, 3.05) is 20.7 Å². The molecule has 2 atom stereocenters. The van der Waals surface area contributed by atoms with Crippen LogP contribution in [0.25, 0.3) is 0 Å². The van der Waals surface area contributed by atoms with Crippen molar-refractivity contribution >= 4 is 16.0 Å². The maximum atomic E-state index is 12.8. The number of hydrogen-bond donors (Lipinski definition) is 1. The van der Waals surface area contributed by atoms with Gasteiger partial charge in [-0.2, -0.15) is 9.37 Å². The second-order valence-corrected chi connectivity index (χ2v) is 7.28. The summed E-state index contributed by atoms with van der Waals surface area (Å²) in [7, 11) is -1.18. The maximum absolute atomic E-state index is 12.8. The summed E-state index contributed by atoms with van der Waals surface area (Å²) in [6.07, 6.45) is 0.185. The molecule has 1 aromatic carbocycles. The molecule has 0 radical (unpaired) electrons. The number of rotatable bonds is 4. The Labute approximate surface area is 130 Å². The van der Waals surface area contributed by atoms with Gasteiger partial charge >= 0.3 is 5.97 Å². The van der Waals surface area contributed by atoms with Crippen molar-refractivity contribution in [3.05, 3.63) is 29.8 Å². The lowest BCUT2D eigenvalue weighted by molar-refractivity contribution is -0.144. The number of sulfonamides is 1. The van der Waals surface area contributed by atoms with Crippen LogP contribution in [-0.2, 0) is 19.6 Å². The van der Waals surface area contributed by atoms with Crippen LogP contribution < -0.4 is 0 Å². The molecule has 7 nitrogen and oxygen atoms in total. The van der Waals surface area contributed by atoms with Crippen molar-refractivity contribution < 1.29 is 23.2 Å². The summed E-state index contributed by atoms with van der Waals surface area (Å²) in [5.74, 6) is -0.625. The van der Waals surface area contributed by atoms with Gasteiger partial charge in [0.1, 0.15) is 6.04 Å². The third kappa shape index (κ3) is 3.14. The highest BCUT2D eigenvalue weighted by atomic mass is 32.2. The first kappa shape index (κ1) is 16.9. The van der Waals surface area contributed by atoms with E-state index in [0.29, 0.717) is 0 Å². The number of ether oxygens (including phenoxy) is 1. The van der Waals surface area contributed by atoms with E-state index in [9.17, 15) is 18.4 Å². The monoisotopic (exact) mass is 328 g/mol. The minimum absolute atomic E-state index is 0.0307. The SMILES string of the molecule is COC(=O)[C@@H]1C[C@H](N(C)O)CN1S(=O)(=O)c1ccc(C)cc1. The van der Waals surface area contributed by atoms with E-state index in [1.807, 2.05) is 6.92 Å². The zero-order valence-corrected chi connectivity index (χ0v) is 13.6. The van der Waals surface area contributed by atoms with Crippen molar-refractivity contribution in [3.63, 3.8) is 0 Å². The van der Waals surface area contributed by atoms with Gasteiger partial charge in [-0.15, -0.1) is 0 Å². The minimum atomic E-state index is -3.83. The number of carbonyl (C=O) groups excluding carboxylic acids is 1. The molecule has 0 saturated carbocycles. The summed E-state index contributed by atoms with van der Waals surface area (Å²) in [5, 5.41) is 10.5. The number of carbonyl (C=O) groups is 1. The smallest absolute Gasteiger partial charge is 0.324 e. The average Bonchev–Trinajstić information content (AvgIpc) is 2.93. The first-order chi connectivity index (χ1) is 10.3. The molecule has 0 aromatic heterocycles. The molecule has 1 aliphatic rings.